The quantitative estimate of drug-likeness (QED) is 0.194. The highest BCUT2D eigenvalue weighted by atomic mass is 35.5. The Balaban J connectivity index is 1.48. The van der Waals surface area contributed by atoms with Crippen LogP contribution in [0.15, 0.2) is 66.7 Å². The fraction of sp³-hybridized carbons (Fsp3) is 0.412. The van der Waals surface area contributed by atoms with Crippen molar-refractivity contribution in [2.45, 2.75) is 52.9 Å². The maximum absolute atomic E-state index is 13.8. The van der Waals surface area contributed by atoms with Gasteiger partial charge in [0.05, 0.1) is 5.75 Å². The lowest BCUT2D eigenvalue weighted by molar-refractivity contribution is -0.122. The molecule has 1 saturated carbocycles. The summed E-state index contributed by atoms with van der Waals surface area (Å²) in [6.07, 6.45) is 4.78. The average molecular weight is 644 g/mol. The van der Waals surface area contributed by atoms with Gasteiger partial charge in [0.15, 0.2) is 11.1 Å². The molecule has 0 heterocycles. The molecule has 1 aliphatic carbocycles. The molecule has 6 nitrogen and oxygen atoms in total. The standard InChI is InChI=1S/C34H40Cl2N2O4S/c1-34(2,3)26-12-8-24(9-13-26)30(20-22-4-6-25(7-5-22)32(39)37-18-19-43(41)42)33(40)38-28-15-10-23(11-16-28)29-17-14-27(35)21-31(29)36/h4-7,10-11,14-17,21,24,26,30H,8-9,12-13,18-20H2,1-3H3,(H,37,39)(H,38,40)(H,41,42). The van der Waals surface area contributed by atoms with E-state index in [4.69, 9.17) is 27.8 Å². The summed E-state index contributed by atoms with van der Waals surface area (Å²) < 4.78 is 19.8. The molecule has 0 aliphatic heterocycles. The minimum absolute atomic E-state index is 0.00434. The Hall–Kier alpha value is -2.71. The van der Waals surface area contributed by atoms with Gasteiger partial charge in [-0.1, -0.05) is 74.3 Å². The molecule has 0 spiro atoms. The molecule has 0 radical (unpaired) electrons. The smallest absolute Gasteiger partial charge is 0.251 e. The van der Waals surface area contributed by atoms with Crippen LogP contribution < -0.4 is 10.6 Å². The largest absolute Gasteiger partial charge is 0.351 e. The minimum Gasteiger partial charge on any atom is -0.351 e. The zero-order valence-electron chi connectivity index (χ0n) is 24.9. The number of hydrogen-bond acceptors (Lipinski definition) is 3. The van der Waals surface area contributed by atoms with Crippen molar-refractivity contribution in [3.8, 4) is 11.1 Å². The van der Waals surface area contributed by atoms with Crippen LogP contribution in [0.2, 0.25) is 10.0 Å². The minimum atomic E-state index is -1.95. The van der Waals surface area contributed by atoms with Crippen LogP contribution in [-0.2, 0) is 22.3 Å². The molecule has 230 valence electrons. The number of hydrogen-bond donors (Lipinski definition) is 3. The van der Waals surface area contributed by atoms with Crippen molar-refractivity contribution in [2.75, 3.05) is 17.6 Å². The normalized spacial score (nSPS) is 18.5. The molecule has 0 saturated heterocycles. The number of benzene rings is 3. The van der Waals surface area contributed by atoms with Gasteiger partial charge in [-0.05, 0) is 96.9 Å². The Morgan fingerprint density at radius 1 is 0.953 bits per heavy atom. The number of amides is 2. The van der Waals surface area contributed by atoms with Gasteiger partial charge in [0, 0.05) is 39.3 Å². The van der Waals surface area contributed by atoms with E-state index in [2.05, 4.69) is 31.4 Å². The van der Waals surface area contributed by atoms with E-state index in [1.165, 1.54) is 0 Å². The number of halogens is 2. The second-order valence-corrected chi connectivity index (χ2v) is 14.4. The van der Waals surface area contributed by atoms with E-state index in [0.29, 0.717) is 27.9 Å². The van der Waals surface area contributed by atoms with Gasteiger partial charge < -0.3 is 15.2 Å². The molecule has 2 amide bonds. The van der Waals surface area contributed by atoms with E-state index < -0.39 is 11.1 Å². The van der Waals surface area contributed by atoms with Crippen molar-refractivity contribution in [3.63, 3.8) is 0 Å². The van der Waals surface area contributed by atoms with Crippen molar-refractivity contribution in [3.05, 3.63) is 87.9 Å². The van der Waals surface area contributed by atoms with Crippen LogP contribution in [0, 0.1) is 23.2 Å². The summed E-state index contributed by atoms with van der Waals surface area (Å²) >= 11 is 10.5. The van der Waals surface area contributed by atoms with Crippen molar-refractivity contribution in [1.82, 2.24) is 5.32 Å². The highest BCUT2D eigenvalue weighted by Gasteiger charge is 2.35. The summed E-state index contributed by atoms with van der Waals surface area (Å²) in [5.74, 6) is 0.361. The Morgan fingerprint density at radius 3 is 2.19 bits per heavy atom. The molecule has 9 heteroatoms. The van der Waals surface area contributed by atoms with Crippen molar-refractivity contribution in [2.24, 2.45) is 23.2 Å². The van der Waals surface area contributed by atoms with Crippen LogP contribution in [-0.4, -0.2) is 32.9 Å². The number of rotatable bonds is 10. The first kappa shape index (κ1) is 33.2. The van der Waals surface area contributed by atoms with Crippen LogP contribution in [0.3, 0.4) is 0 Å². The Kier molecular flexibility index (Phi) is 11.5. The zero-order chi connectivity index (χ0) is 31.1. The maximum atomic E-state index is 13.8. The lowest BCUT2D eigenvalue weighted by Crippen LogP contribution is -2.35. The molecule has 3 aromatic carbocycles. The molecule has 43 heavy (non-hydrogen) atoms. The van der Waals surface area contributed by atoms with E-state index in [1.54, 1.807) is 24.3 Å². The van der Waals surface area contributed by atoms with E-state index in [0.717, 1.165) is 48.1 Å². The third kappa shape index (κ3) is 9.39. The van der Waals surface area contributed by atoms with Crippen LogP contribution in [0.25, 0.3) is 11.1 Å². The Bertz CT molecular complexity index is 1430. The molecular weight excluding hydrogens is 603 g/mol. The van der Waals surface area contributed by atoms with Crippen molar-refractivity contribution >= 4 is 51.8 Å². The molecule has 3 N–H and O–H groups in total. The van der Waals surface area contributed by atoms with Gasteiger partial charge in [-0.25, -0.2) is 4.21 Å². The summed E-state index contributed by atoms with van der Waals surface area (Å²) in [6.45, 7) is 7.01. The lowest BCUT2D eigenvalue weighted by atomic mass is 9.66. The fourth-order valence-corrected chi connectivity index (χ4v) is 6.75. The average Bonchev–Trinajstić information content (AvgIpc) is 2.96. The predicted octanol–water partition coefficient (Wildman–Crippen LogP) is 8.26. The second kappa shape index (κ2) is 14.8. The monoisotopic (exact) mass is 642 g/mol. The SMILES string of the molecule is CC(C)(C)C1CCC(C(Cc2ccc(C(=O)NCCS(=O)O)cc2)C(=O)Nc2ccc(-c3ccc(Cl)cc3Cl)cc2)CC1. The molecule has 3 aromatic rings. The summed E-state index contributed by atoms with van der Waals surface area (Å²) in [7, 11) is 0. The molecule has 2 atom stereocenters. The Morgan fingerprint density at radius 2 is 1.60 bits per heavy atom. The molecular formula is C34H40Cl2N2O4S. The van der Waals surface area contributed by atoms with Gasteiger partial charge in [0.2, 0.25) is 5.91 Å². The summed E-state index contributed by atoms with van der Waals surface area (Å²) in [4.78, 5) is 26.2. The molecule has 1 fully saturated rings. The third-order valence-electron chi connectivity index (χ3n) is 8.53. The van der Waals surface area contributed by atoms with Gasteiger partial charge >= 0.3 is 0 Å². The molecule has 2 unspecified atom stereocenters. The van der Waals surface area contributed by atoms with Crippen LogP contribution in [0.5, 0.6) is 0 Å². The predicted molar refractivity (Wildman–Crippen MR) is 177 cm³/mol. The first-order valence-electron chi connectivity index (χ1n) is 14.7. The van der Waals surface area contributed by atoms with Crippen LogP contribution >= 0.6 is 23.2 Å². The highest BCUT2D eigenvalue weighted by molar-refractivity contribution is 7.79. The first-order valence-corrected chi connectivity index (χ1v) is 16.7. The first-order chi connectivity index (χ1) is 20.4. The van der Waals surface area contributed by atoms with Crippen LogP contribution in [0.4, 0.5) is 5.69 Å². The van der Waals surface area contributed by atoms with Gasteiger partial charge in [0.25, 0.3) is 5.91 Å². The van der Waals surface area contributed by atoms with E-state index in [1.807, 2.05) is 42.5 Å². The van der Waals surface area contributed by atoms with Gasteiger partial charge in [-0.15, -0.1) is 0 Å². The highest BCUT2D eigenvalue weighted by Crippen LogP contribution is 2.43. The van der Waals surface area contributed by atoms with E-state index >= 15 is 0 Å². The number of nitrogens with one attached hydrogen (secondary N) is 2. The van der Waals surface area contributed by atoms with E-state index in [9.17, 15) is 13.8 Å². The molecule has 4 rings (SSSR count). The summed E-state index contributed by atoms with van der Waals surface area (Å²) in [5.41, 5.74) is 4.24. The Labute approximate surface area is 267 Å². The van der Waals surface area contributed by atoms with Gasteiger partial charge in [0.1, 0.15) is 0 Å². The summed E-state index contributed by atoms with van der Waals surface area (Å²) in [5, 5.41) is 6.97. The van der Waals surface area contributed by atoms with E-state index in [-0.39, 0.29) is 41.4 Å². The number of carbonyl (C=O) groups is 2. The van der Waals surface area contributed by atoms with Crippen molar-refractivity contribution in [1.29, 1.82) is 0 Å². The molecule has 0 bridgehead atoms. The summed E-state index contributed by atoms with van der Waals surface area (Å²) in [6, 6.07) is 20.3. The van der Waals surface area contributed by atoms with Gasteiger partial charge in [-0.3, -0.25) is 9.59 Å². The fourth-order valence-electron chi connectivity index (χ4n) is 5.95. The molecule has 0 aromatic heterocycles. The topological polar surface area (TPSA) is 95.5 Å². The third-order valence-corrected chi connectivity index (χ3v) is 9.63. The number of anilines is 1. The van der Waals surface area contributed by atoms with Gasteiger partial charge in [-0.2, -0.15) is 0 Å². The molecule has 1 aliphatic rings. The zero-order valence-corrected chi connectivity index (χ0v) is 27.2. The number of carbonyl (C=O) groups excluding carboxylic acids is 2. The lowest BCUT2D eigenvalue weighted by Gasteiger charge is -2.39. The maximum Gasteiger partial charge on any atom is 0.251 e. The second-order valence-electron chi connectivity index (χ2n) is 12.5. The van der Waals surface area contributed by atoms with Crippen LogP contribution in [0.1, 0.15) is 62.4 Å². The van der Waals surface area contributed by atoms with Crippen molar-refractivity contribution < 1.29 is 18.4 Å².